The van der Waals surface area contributed by atoms with E-state index in [0.717, 1.165) is 9.87 Å². The molecule has 1 aromatic carbocycles. The van der Waals surface area contributed by atoms with Crippen molar-refractivity contribution in [3.05, 3.63) is 29.8 Å². The molecule has 5 nitrogen and oxygen atoms in total. The predicted molar refractivity (Wildman–Crippen MR) is 62.0 cm³/mol. The molecule has 0 bridgehead atoms. The number of hydrogen-bond donors (Lipinski definition) is 1. The van der Waals surface area contributed by atoms with Gasteiger partial charge >= 0.3 is 10.2 Å². The van der Waals surface area contributed by atoms with Crippen LogP contribution in [-0.2, 0) is 16.6 Å². The SMILES string of the molecule is CN(C)S(=O)(=O)Nc1ccc(CC#N)cc1. The highest BCUT2D eigenvalue weighted by molar-refractivity contribution is 7.90. The van der Waals surface area contributed by atoms with Gasteiger partial charge in [0.05, 0.1) is 12.5 Å². The van der Waals surface area contributed by atoms with Gasteiger partial charge in [0.2, 0.25) is 0 Å². The molecule has 0 unspecified atom stereocenters. The van der Waals surface area contributed by atoms with Crippen molar-refractivity contribution in [2.75, 3.05) is 18.8 Å². The summed E-state index contributed by atoms with van der Waals surface area (Å²) >= 11 is 0. The fourth-order valence-electron chi connectivity index (χ4n) is 1.02. The van der Waals surface area contributed by atoms with E-state index in [1.165, 1.54) is 14.1 Å². The summed E-state index contributed by atoms with van der Waals surface area (Å²) in [7, 11) is -0.557. The van der Waals surface area contributed by atoms with E-state index < -0.39 is 10.2 Å². The third-order valence-corrected chi connectivity index (χ3v) is 3.42. The lowest BCUT2D eigenvalue weighted by atomic mass is 10.1. The number of nitriles is 1. The molecule has 0 aliphatic rings. The molecule has 1 N–H and O–H groups in total. The van der Waals surface area contributed by atoms with Crippen molar-refractivity contribution in [1.29, 1.82) is 5.26 Å². The zero-order chi connectivity index (χ0) is 12.2. The minimum Gasteiger partial charge on any atom is -0.271 e. The first-order valence-corrected chi connectivity index (χ1v) is 6.06. The molecule has 86 valence electrons. The zero-order valence-electron chi connectivity index (χ0n) is 9.14. The molecule has 0 radical (unpaired) electrons. The van der Waals surface area contributed by atoms with E-state index in [0.29, 0.717) is 12.1 Å². The smallest absolute Gasteiger partial charge is 0.271 e. The Bertz CT molecular complexity index is 486. The van der Waals surface area contributed by atoms with Crippen LogP contribution in [0.3, 0.4) is 0 Å². The molecule has 6 heteroatoms. The minimum absolute atomic E-state index is 0.320. The lowest BCUT2D eigenvalue weighted by Crippen LogP contribution is -2.28. The Morgan fingerprint density at radius 1 is 1.31 bits per heavy atom. The summed E-state index contributed by atoms with van der Waals surface area (Å²) in [6.07, 6.45) is 0.320. The van der Waals surface area contributed by atoms with Crippen molar-refractivity contribution in [1.82, 2.24) is 4.31 Å². The maximum atomic E-state index is 11.5. The van der Waals surface area contributed by atoms with E-state index in [1.807, 2.05) is 6.07 Å². The Hall–Kier alpha value is -1.58. The molecule has 0 fully saturated rings. The van der Waals surface area contributed by atoms with Crippen molar-refractivity contribution in [3.63, 3.8) is 0 Å². The van der Waals surface area contributed by atoms with Gasteiger partial charge in [0, 0.05) is 19.8 Å². The second-order valence-corrected chi connectivity index (χ2v) is 5.31. The van der Waals surface area contributed by atoms with E-state index in [2.05, 4.69) is 4.72 Å². The van der Waals surface area contributed by atoms with Gasteiger partial charge in [-0.15, -0.1) is 0 Å². The van der Waals surface area contributed by atoms with Gasteiger partial charge in [-0.25, -0.2) is 0 Å². The van der Waals surface area contributed by atoms with Crippen LogP contribution in [-0.4, -0.2) is 26.8 Å². The average molecular weight is 239 g/mol. The highest BCUT2D eigenvalue weighted by atomic mass is 32.2. The molecule has 0 aliphatic carbocycles. The van der Waals surface area contributed by atoms with Gasteiger partial charge < -0.3 is 0 Å². The van der Waals surface area contributed by atoms with Gasteiger partial charge in [0.15, 0.2) is 0 Å². The van der Waals surface area contributed by atoms with E-state index in [4.69, 9.17) is 5.26 Å². The second-order valence-electron chi connectivity index (χ2n) is 3.42. The fourth-order valence-corrected chi connectivity index (χ4v) is 1.64. The number of nitrogens with one attached hydrogen (secondary N) is 1. The lowest BCUT2D eigenvalue weighted by Gasteiger charge is -2.13. The molecule has 0 amide bonds. The van der Waals surface area contributed by atoms with Crippen molar-refractivity contribution >= 4 is 15.9 Å². The summed E-state index contributed by atoms with van der Waals surface area (Å²) < 4.78 is 26.4. The normalized spacial score (nSPS) is 11.1. The molecule has 0 spiro atoms. The largest absolute Gasteiger partial charge is 0.301 e. The molecule has 0 aliphatic heterocycles. The van der Waals surface area contributed by atoms with Crippen LogP contribution in [0.1, 0.15) is 5.56 Å². The molecule has 1 aromatic rings. The van der Waals surface area contributed by atoms with Crippen molar-refractivity contribution in [2.24, 2.45) is 0 Å². The number of nitrogens with zero attached hydrogens (tertiary/aromatic N) is 2. The van der Waals surface area contributed by atoms with E-state index in [9.17, 15) is 8.42 Å². The third-order valence-electron chi connectivity index (χ3n) is 1.96. The minimum atomic E-state index is -3.46. The van der Waals surface area contributed by atoms with Crippen LogP contribution >= 0.6 is 0 Å². The van der Waals surface area contributed by atoms with Gasteiger partial charge in [0.25, 0.3) is 0 Å². The molecule has 16 heavy (non-hydrogen) atoms. The maximum absolute atomic E-state index is 11.5. The van der Waals surface area contributed by atoms with Gasteiger partial charge in [-0.3, -0.25) is 4.72 Å². The van der Waals surface area contributed by atoms with Gasteiger partial charge in [0.1, 0.15) is 0 Å². The summed E-state index contributed by atoms with van der Waals surface area (Å²) in [5.41, 5.74) is 1.34. The van der Waals surface area contributed by atoms with Crippen LogP contribution in [0.25, 0.3) is 0 Å². The van der Waals surface area contributed by atoms with Crippen LogP contribution in [0.4, 0.5) is 5.69 Å². The molecule has 0 saturated carbocycles. The predicted octanol–water partition coefficient (Wildman–Crippen LogP) is 0.971. The lowest BCUT2D eigenvalue weighted by molar-refractivity contribution is 0.527. The molecule has 1 rings (SSSR count). The number of rotatable bonds is 4. The first kappa shape index (κ1) is 12.5. The molecular formula is C10H13N3O2S. The van der Waals surface area contributed by atoms with Crippen molar-refractivity contribution < 1.29 is 8.42 Å². The number of hydrogen-bond acceptors (Lipinski definition) is 3. The highest BCUT2D eigenvalue weighted by Gasteiger charge is 2.12. The third kappa shape index (κ3) is 3.22. The molecule has 0 aromatic heterocycles. The van der Waals surface area contributed by atoms with E-state index in [-0.39, 0.29) is 0 Å². The molecular weight excluding hydrogens is 226 g/mol. The van der Waals surface area contributed by atoms with Crippen LogP contribution < -0.4 is 4.72 Å². The first-order chi connectivity index (χ1) is 7.45. The Morgan fingerprint density at radius 2 is 1.88 bits per heavy atom. The van der Waals surface area contributed by atoms with E-state index >= 15 is 0 Å². The zero-order valence-corrected chi connectivity index (χ0v) is 9.95. The standard InChI is InChI=1S/C10H13N3O2S/c1-13(2)16(14,15)12-10-5-3-9(4-6-10)7-8-11/h3-6,12H,7H2,1-2H3. The van der Waals surface area contributed by atoms with Crippen LogP contribution in [0, 0.1) is 11.3 Å². The Labute approximate surface area is 95.5 Å². The summed E-state index contributed by atoms with van der Waals surface area (Å²) in [6, 6.07) is 8.73. The summed E-state index contributed by atoms with van der Waals surface area (Å²) in [6.45, 7) is 0. The molecule has 0 heterocycles. The Kier molecular flexibility index (Phi) is 3.88. The van der Waals surface area contributed by atoms with Crippen LogP contribution in [0.5, 0.6) is 0 Å². The van der Waals surface area contributed by atoms with E-state index in [1.54, 1.807) is 24.3 Å². The topological polar surface area (TPSA) is 73.2 Å². The summed E-state index contributed by atoms with van der Waals surface area (Å²) in [4.78, 5) is 0. The van der Waals surface area contributed by atoms with Gasteiger partial charge in [-0.1, -0.05) is 12.1 Å². The number of benzene rings is 1. The van der Waals surface area contributed by atoms with Gasteiger partial charge in [-0.05, 0) is 17.7 Å². The number of anilines is 1. The van der Waals surface area contributed by atoms with Crippen LogP contribution in [0.15, 0.2) is 24.3 Å². The highest BCUT2D eigenvalue weighted by Crippen LogP contribution is 2.12. The van der Waals surface area contributed by atoms with Crippen molar-refractivity contribution in [2.45, 2.75) is 6.42 Å². The van der Waals surface area contributed by atoms with Crippen LogP contribution in [0.2, 0.25) is 0 Å². The quantitative estimate of drug-likeness (QED) is 0.850. The molecule has 0 saturated heterocycles. The van der Waals surface area contributed by atoms with Gasteiger partial charge in [-0.2, -0.15) is 18.0 Å². The average Bonchev–Trinajstić information content (AvgIpc) is 2.21. The van der Waals surface area contributed by atoms with Crippen molar-refractivity contribution in [3.8, 4) is 6.07 Å². The summed E-state index contributed by atoms with van der Waals surface area (Å²) in [5, 5.41) is 8.48. The monoisotopic (exact) mass is 239 g/mol. The molecule has 0 atom stereocenters. The maximum Gasteiger partial charge on any atom is 0.301 e. The second kappa shape index (κ2) is 4.96. The Morgan fingerprint density at radius 3 is 2.31 bits per heavy atom. The fraction of sp³-hybridized carbons (Fsp3) is 0.300. The summed E-state index contributed by atoms with van der Waals surface area (Å²) in [5.74, 6) is 0. The first-order valence-electron chi connectivity index (χ1n) is 4.62. The Balaban J connectivity index is 2.81.